The number of pyridine rings is 1. The van der Waals surface area contributed by atoms with E-state index in [-0.39, 0.29) is 0 Å². The first-order valence-electron chi connectivity index (χ1n) is 10.4. The van der Waals surface area contributed by atoms with Crippen molar-refractivity contribution in [1.29, 1.82) is 0 Å². The molecule has 7 nitrogen and oxygen atoms in total. The first-order chi connectivity index (χ1) is 15.0. The molecule has 7 rings (SSSR count). The number of aromatic nitrogens is 5. The number of nitrogens with zero attached hydrogens (tertiary/aromatic N) is 4. The van der Waals surface area contributed by atoms with Crippen LogP contribution < -0.4 is 0 Å². The maximum absolute atomic E-state index is 14.9. The zero-order chi connectivity index (χ0) is 21.3. The molecule has 1 atom stereocenters. The molecule has 3 fully saturated rings. The predicted molar refractivity (Wildman–Crippen MR) is 113 cm³/mol. The number of carbonyl (C=O) groups is 1. The van der Waals surface area contributed by atoms with Gasteiger partial charge in [0.15, 0.2) is 11.6 Å². The van der Waals surface area contributed by atoms with Crippen LogP contribution in [0.5, 0.6) is 0 Å². The third-order valence-corrected chi connectivity index (χ3v) is 7.41. The lowest BCUT2D eigenvalue weighted by atomic mass is 9.59. The Labute approximate surface area is 181 Å². The molecule has 0 amide bonds. The average Bonchev–Trinajstić information content (AvgIpc) is 3.35. The molecular formula is C22H19ClFN5O2. The zero-order valence-corrected chi connectivity index (χ0v) is 17.2. The van der Waals surface area contributed by atoms with Gasteiger partial charge in [0.05, 0.1) is 21.9 Å². The first-order valence-corrected chi connectivity index (χ1v) is 10.7. The van der Waals surface area contributed by atoms with Gasteiger partial charge in [-0.25, -0.2) is 19.3 Å². The van der Waals surface area contributed by atoms with E-state index in [4.69, 9.17) is 16.6 Å². The van der Waals surface area contributed by atoms with E-state index in [2.05, 4.69) is 15.0 Å². The number of H-pyrrole nitrogens is 1. The molecule has 3 aliphatic rings. The number of carboxylic acid groups (broad SMARTS) is 1. The number of rotatable bonds is 3. The number of nitrogens with one attached hydrogen (secondary N) is 1. The second kappa shape index (κ2) is 6.50. The van der Waals surface area contributed by atoms with Crippen molar-refractivity contribution in [3.05, 3.63) is 41.7 Å². The number of aliphatic carboxylic acids is 1. The number of aromatic amines is 1. The molecule has 0 aliphatic heterocycles. The fourth-order valence-electron chi connectivity index (χ4n) is 5.65. The van der Waals surface area contributed by atoms with Crippen LogP contribution in [-0.4, -0.2) is 35.6 Å². The van der Waals surface area contributed by atoms with Gasteiger partial charge in [-0.05, 0) is 44.1 Å². The Morgan fingerprint density at radius 2 is 2.06 bits per heavy atom. The second-order valence-electron chi connectivity index (χ2n) is 8.70. The number of hydrogen-bond donors (Lipinski definition) is 2. The van der Waals surface area contributed by atoms with Gasteiger partial charge in [0.1, 0.15) is 11.3 Å². The maximum atomic E-state index is 14.9. The highest BCUT2D eigenvalue weighted by molar-refractivity contribution is 6.31. The zero-order valence-electron chi connectivity index (χ0n) is 16.5. The number of carboxylic acids is 1. The summed E-state index contributed by atoms with van der Waals surface area (Å²) in [6.07, 6.45) is 10.2. The molecule has 4 heterocycles. The van der Waals surface area contributed by atoms with Gasteiger partial charge in [-0.2, -0.15) is 0 Å². The Morgan fingerprint density at radius 1 is 1.26 bits per heavy atom. The van der Waals surface area contributed by atoms with Crippen LogP contribution in [0.2, 0.25) is 5.02 Å². The predicted octanol–water partition coefficient (Wildman–Crippen LogP) is 4.76. The van der Waals surface area contributed by atoms with Crippen molar-refractivity contribution in [1.82, 2.24) is 24.5 Å². The van der Waals surface area contributed by atoms with Crippen LogP contribution in [-0.2, 0) is 10.3 Å². The van der Waals surface area contributed by atoms with E-state index in [0.29, 0.717) is 58.3 Å². The van der Waals surface area contributed by atoms with Gasteiger partial charge in [-0.3, -0.25) is 4.79 Å². The summed E-state index contributed by atoms with van der Waals surface area (Å²) in [6.45, 7) is 0. The molecule has 2 N–H and O–H groups in total. The monoisotopic (exact) mass is 439 g/mol. The first kappa shape index (κ1) is 18.7. The number of fused-ring (bicyclic) bond motifs is 5. The van der Waals surface area contributed by atoms with Crippen molar-refractivity contribution in [3.8, 4) is 11.4 Å². The van der Waals surface area contributed by atoms with Crippen molar-refractivity contribution >= 4 is 39.6 Å². The topological polar surface area (TPSA) is 96.7 Å². The number of hydrogen-bond acceptors (Lipinski definition) is 4. The molecule has 1 unspecified atom stereocenters. The molecule has 2 bridgehead atoms. The summed E-state index contributed by atoms with van der Waals surface area (Å²) in [5.41, 5.74) is 1.12. The molecule has 31 heavy (non-hydrogen) atoms. The van der Waals surface area contributed by atoms with Gasteiger partial charge in [0.2, 0.25) is 0 Å². The molecule has 3 saturated carbocycles. The Balaban J connectivity index is 1.56. The van der Waals surface area contributed by atoms with Gasteiger partial charge in [0, 0.05) is 35.7 Å². The third-order valence-electron chi connectivity index (χ3n) is 7.20. The smallest absolute Gasteiger partial charge is 0.308 e. The minimum absolute atomic E-state index is 0.297. The highest BCUT2D eigenvalue weighted by Crippen LogP contribution is 2.53. The van der Waals surface area contributed by atoms with Gasteiger partial charge < -0.3 is 14.7 Å². The lowest BCUT2D eigenvalue weighted by Gasteiger charge is -2.51. The molecule has 0 aromatic carbocycles. The summed E-state index contributed by atoms with van der Waals surface area (Å²) in [5.74, 6) is -0.961. The van der Waals surface area contributed by atoms with Crippen LogP contribution in [0.15, 0.2) is 30.9 Å². The lowest BCUT2D eigenvalue weighted by molar-refractivity contribution is -0.152. The van der Waals surface area contributed by atoms with E-state index in [1.54, 1.807) is 23.0 Å². The normalized spacial score (nSPS) is 25.5. The minimum atomic E-state index is -0.821. The molecule has 0 saturated heterocycles. The van der Waals surface area contributed by atoms with Crippen LogP contribution in [0.4, 0.5) is 4.39 Å². The summed E-state index contributed by atoms with van der Waals surface area (Å²) < 4.78 is 16.7. The summed E-state index contributed by atoms with van der Waals surface area (Å²) in [7, 11) is 0. The minimum Gasteiger partial charge on any atom is -0.481 e. The molecule has 4 aromatic heterocycles. The van der Waals surface area contributed by atoms with Crippen molar-refractivity contribution in [2.75, 3.05) is 0 Å². The Hall–Kier alpha value is -3.00. The van der Waals surface area contributed by atoms with Crippen molar-refractivity contribution in [2.24, 2.45) is 11.8 Å². The lowest BCUT2D eigenvalue weighted by Crippen LogP contribution is -2.52. The Morgan fingerprint density at radius 3 is 2.84 bits per heavy atom. The van der Waals surface area contributed by atoms with Gasteiger partial charge in [0.25, 0.3) is 0 Å². The Kier molecular flexibility index (Phi) is 3.93. The van der Waals surface area contributed by atoms with Crippen LogP contribution in [0, 0.1) is 17.7 Å². The highest BCUT2D eigenvalue weighted by atomic mass is 35.5. The van der Waals surface area contributed by atoms with Crippen molar-refractivity contribution in [2.45, 2.75) is 37.6 Å². The van der Waals surface area contributed by atoms with Crippen LogP contribution in [0.1, 0.15) is 32.1 Å². The summed E-state index contributed by atoms with van der Waals surface area (Å²) in [4.78, 5) is 28.6. The van der Waals surface area contributed by atoms with Crippen molar-refractivity contribution < 1.29 is 14.3 Å². The van der Waals surface area contributed by atoms with E-state index < -0.39 is 23.2 Å². The Bertz CT molecular complexity index is 1350. The van der Waals surface area contributed by atoms with Gasteiger partial charge in [-0.15, -0.1) is 0 Å². The highest BCUT2D eigenvalue weighted by Gasteiger charge is 2.53. The van der Waals surface area contributed by atoms with E-state index in [1.807, 2.05) is 0 Å². The summed E-state index contributed by atoms with van der Waals surface area (Å²) in [6, 6.07) is 1.78. The van der Waals surface area contributed by atoms with Crippen molar-refractivity contribution in [3.63, 3.8) is 0 Å². The maximum Gasteiger partial charge on any atom is 0.308 e. The summed E-state index contributed by atoms with van der Waals surface area (Å²) >= 11 is 6.12. The molecule has 4 aromatic rings. The van der Waals surface area contributed by atoms with E-state index >= 15 is 0 Å². The third kappa shape index (κ3) is 2.64. The SMILES string of the molecule is O=C(O)C1CC2CCC1(n1cc(F)c3cnc(-c4c[nH]c5ncc(Cl)cc45)nc31)CC2. The van der Waals surface area contributed by atoms with Crippen LogP contribution in [0.3, 0.4) is 0 Å². The standard InChI is InChI=1S/C22H19ClFN5O2/c23-12-6-13-14(8-26-18(13)25-7-12)19-27-9-15-17(24)10-29(20(15)28-19)22-3-1-11(2-4-22)5-16(22)21(30)31/h6-11,16H,1-5H2,(H,25,26)(H,30,31). The van der Waals surface area contributed by atoms with Crippen LogP contribution in [0.25, 0.3) is 33.5 Å². The fourth-order valence-corrected chi connectivity index (χ4v) is 5.81. The van der Waals surface area contributed by atoms with E-state index in [9.17, 15) is 14.3 Å². The molecule has 0 radical (unpaired) electrons. The van der Waals surface area contributed by atoms with Crippen LogP contribution >= 0.6 is 11.6 Å². The largest absolute Gasteiger partial charge is 0.481 e. The molecule has 158 valence electrons. The molecule has 3 aliphatic carbocycles. The van der Waals surface area contributed by atoms with Gasteiger partial charge >= 0.3 is 5.97 Å². The van der Waals surface area contributed by atoms with E-state index in [1.165, 1.54) is 12.4 Å². The summed E-state index contributed by atoms with van der Waals surface area (Å²) in [5, 5.41) is 11.5. The average molecular weight is 440 g/mol. The molecular weight excluding hydrogens is 421 g/mol. The fraction of sp³-hybridized carbons (Fsp3) is 0.364. The number of halogens is 2. The van der Waals surface area contributed by atoms with Gasteiger partial charge in [-0.1, -0.05) is 11.6 Å². The second-order valence-corrected chi connectivity index (χ2v) is 9.14. The molecule has 9 heteroatoms. The molecule has 0 spiro atoms. The quantitative estimate of drug-likeness (QED) is 0.480. The van der Waals surface area contributed by atoms with E-state index in [0.717, 1.165) is 18.2 Å².